The van der Waals surface area contributed by atoms with Gasteiger partial charge in [0, 0.05) is 11.9 Å². The molecule has 1 atom stereocenters. The summed E-state index contributed by atoms with van der Waals surface area (Å²) in [7, 11) is -3.34. The van der Waals surface area contributed by atoms with Crippen LogP contribution in [0.15, 0.2) is 48.7 Å². The summed E-state index contributed by atoms with van der Waals surface area (Å²) in [6.07, 6.45) is 2.75. The van der Waals surface area contributed by atoms with Gasteiger partial charge >= 0.3 is 6.03 Å². The van der Waals surface area contributed by atoms with E-state index in [1.165, 1.54) is 0 Å². The highest BCUT2D eigenvalue weighted by Crippen LogP contribution is 2.18. The highest BCUT2D eigenvalue weighted by atomic mass is 32.2. The summed E-state index contributed by atoms with van der Waals surface area (Å²) in [5.41, 5.74) is 2.01. The number of aromatic nitrogens is 1. The van der Waals surface area contributed by atoms with Gasteiger partial charge in [-0.1, -0.05) is 18.2 Å². The van der Waals surface area contributed by atoms with E-state index in [4.69, 9.17) is 0 Å². The van der Waals surface area contributed by atoms with E-state index in [1.807, 2.05) is 31.2 Å². The third-order valence-electron chi connectivity index (χ3n) is 3.19. The molecule has 2 amide bonds. The molecule has 0 spiro atoms. The maximum absolute atomic E-state index is 12.0. The van der Waals surface area contributed by atoms with E-state index < -0.39 is 10.0 Å². The molecule has 3 N–H and O–H groups in total. The number of carbonyl (C=O) groups is 1. The zero-order valence-electron chi connectivity index (χ0n) is 13.5. The van der Waals surface area contributed by atoms with Crippen LogP contribution >= 0.6 is 0 Å². The second-order valence-electron chi connectivity index (χ2n) is 5.37. The van der Waals surface area contributed by atoms with E-state index >= 15 is 0 Å². The number of anilines is 1. The third kappa shape index (κ3) is 5.88. The van der Waals surface area contributed by atoms with Gasteiger partial charge in [-0.05, 0) is 36.8 Å². The van der Waals surface area contributed by atoms with Gasteiger partial charge in [-0.3, -0.25) is 9.71 Å². The average Bonchev–Trinajstić information content (AvgIpc) is 2.52. The minimum absolute atomic E-state index is 0.282. The van der Waals surface area contributed by atoms with Crippen molar-refractivity contribution in [3.63, 3.8) is 0 Å². The van der Waals surface area contributed by atoms with Gasteiger partial charge in [-0.25, -0.2) is 13.2 Å². The molecule has 0 aliphatic rings. The normalized spacial score (nSPS) is 12.2. The zero-order valence-corrected chi connectivity index (χ0v) is 14.3. The number of amides is 2. The Bertz CT molecular complexity index is 794. The fourth-order valence-electron chi connectivity index (χ4n) is 2.09. The Hall–Kier alpha value is -2.61. The number of hydrogen-bond donors (Lipinski definition) is 3. The first-order chi connectivity index (χ1) is 11.3. The van der Waals surface area contributed by atoms with Gasteiger partial charge in [0.2, 0.25) is 10.0 Å². The molecule has 128 valence electrons. The van der Waals surface area contributed by atoms with Gasteiger partial charge in [0.05, 0.1) is 24.5 Å². The lowest BCUT2D eigenvalue weighted by Crippen LogP contribution is -2.36. The van der Waals surface area contributed by atoms with Crippen LogP contribution in [-0.2, 0) is 16.6 Å². The molecule has 2 rings (SSSR count). The van der Waals surface area contributed by atoms with Crippen LogP contribution in [0, 0.1) is 0 Å². The Balaban J connectivity index is 1.93. The lowest BCUT2D eigenvalue weighted by atomic mass is 10.1. The SMILES string of the molecule is CC(NC(=O)NCc1ccccn1)c1cccc(NS(C)(=O)=O)c1. The lowest BCUT2D eigenvalue weighted by Gasteiger charge is -2.16. The molecule has 1 unspecified atom stereocenters. The molecular weight excluding hydrogens is 328 g/mol. The largest absolute Gasteiger partial charge is 0.332 e. The number of nitrogens with zero attached hydrogens (tertiary/aromatic N) is 1. The molecule has 0 radical (unpaired) electrons. The number of urea groups is 1. The minimum atomic E-state index is -3.34. The van der Waals surface area contributed by atoms with Gasteiger partial charge in [0.1, 0.15) is 0 Å². The molecule has 7 nitrogen and oxygen atoms in total. The summed E-state index contributed by atoms with van der Waals surface area (Å²) >= 11 is 0. The number of rotatable bonds is 6. The number of benzene rings is 1. The molecular formula is C16H20N4O3S. The quantitative estimate of drug-likeness (QED) is 0.743. The molecule has 0 fully saturated rings. The lowest BCUT2D eigenvalue weighted by molar-refractivity contribution is 0.237. The highest BCUT2D eigenvalue weighted by Gasteiger charge is 2.11. The number of sulfonamides is 1. The van der Waals surface area contributed by atoms with Crippen molar-refractivity contribution in [1.82, 2.24) is 15.6 Å². The summed E-state index contributed by atoms with van der Waals surface area (Å²) in [5, 5.41) is 5.53. The third-order valence-corrected chi connectivity index (χ3v) is 3.80. The monoisotopic (exact) mass is 348 g/mol. The van der Waals surface area contributed by atoms with Crippen LogP contribution in [0.4, 0.5) is 10.5 Å². The van der Waals surface area contributed by atoms with Crippen LogP contribution in [0.2, 0.25) is 0 Å². The molecule has 1 heterocycles. The van der Waals surface area contributed by atoms with E-state index in [2.05, 4.69) is 20.3 Å². The zero-order chi connectivity index (χ0) is 17.6. The van der Waals surface area contributed by atoms with E-state index in [0.29, 0.717) is 12.2 Å². The van der Waals surface area contributed by atoms with Crippen molar-refractivity contribution in [2.24, 2.45) is 0 Å². The second kappa shape index (κ2) is 7.78. The summed E-state index contributed by atoms with van der Waals surface area (Å²) in [6, 6.07) is 11.8. The molecule has 2 aromatic rings. The van der Waals surface area contributed by atoms with Crippen molar-refractivity contribution in [2.75, 3.05) is 11.0 Å². The Morgan fingerprint density at radius 1 is 1.21 bits per heavy atom. The van der Waals surface area contributed by atoms with Crippen LogP contribution in [0.3, 0.4) is 0 Å². The van der Waals surface area contributed by atoms with Crippen molar-refractivity contribution >= 4 is 21.7 Å². The summed E-state index contributed by atoms with van der Waals surface area (Å²) in [5.74, 6) is 0. The Morgan fingerprint density at radius 2 is 2.00 bits per heavy atom. The van der Waals surface area contributed by atoms with Crippen molar-refractivity contribution in [1.29, 1.82) is 0 Å². The van der Waals surface area contributed by atoms with Crippen molar-refractivity contribution in [3.8, 4) is 0 Å². The first-order valence-electron chi connectivity index (χ1n) is 7.35. The van der Waals surface area contributed by atoms with Gasteiger partial charge in [-0.2, -0.15) is 0 Å². The van der Waals surface area contributed by atoms with E-state index in [9.17, 15) is 13.2 Å². The second-order valence-corrected chi connectivity index (χ2v) is 7.12. The molecule has 0 saturated carbocycles. The number of pyridine rings is 1. The molecule has 0 saturated heterocycles. The summed E-state index contributed by atoms with van der Waals surface area (Å²) < 4.78 is 25.0. The van der Waals surface area contributed by atoms with Crippen LogP contribution in [0.1, 0.15) is 24.2 Å². The highest BCUT2D eigenvalue weighted by molar-refractivity contribution is 7.92. The fraction of sp³-hybridized carbons (Fsp3) is 0.250. The van der Waals surface area contributed by atoms with Gasteiger partial charge in [0.15, 0.2) is 0 Å². The Kier molecular flexibility index (Phi) is 5.75. The topological polar surface area (TPSA) is 100 Å². The Morgan fingerprint density at radius 3 is 2.67 bits per heavy atom. The van der Waals surface area contributed by atoms with Crippen LogP contribution in [0.5, 0.6) is 0 Å². The molecule has 0 aliphatic carbocycles. The molecule has 24 heavy (non-hydrogen) atoms. The van der Waals surface area contributed by atoms with Crippen molar-refractivity contribution < 1.29 is 13.2 Å². The van der Waals surface area contributed by atoms with E-state index in [0.717, 1.165) is 17.5 Å². The molecule has 1 aromatic heterocycles. The van der Waals surface area contributed by atoms with Crippen molar-refractivity contribution in [3.05, 3.63) is 59.9 Å². The smallest absolute Gasteiger partial charge is 0.315 e. The van der Waals surface area contributed by atoms with Crippen molar-refractivity contribution in [2.45, 2.75) is 19.5 Å². The van der Waals surface area contributed by atoms with Crippen LogP contribution < -0.4 is 15.4 Å². The predicted octanol–water partition coefficient (Wildman–Crippen LogP) is 2.01. The maximum Gasteiger partial charge on any atom is 0.315 e. The van der Waals surface area contributed by atoms with Crippen LogP contribution in [0.25, 0.3) is 0 Å². The first-order valence-corrected chi connectivity index (χ1v) is 9.24. The minimum Gasteiger partial charge on any atom is -0.332 e. The maximum atomic E-state index is 12.0. The first kappa shape index (κ1) is 17.7. The number of nitrogens with one attached hydrogen (secondary N) is 3. The van der Waals surface area contributed by atoms with Gasteiger partial charge < -0.3 is 10.6 Å². The molecule has 1 aromatic carbocycles. The molecule has 0 bridgehead atoms. The summed E-state index contributed by atoms with van der Waals surface area (Å²) in [4.78, 5) is 16.1. The van der Waals surface area contributed by atoms with E-state index in [1.54, 1.807) is 24.4 Å². The van der Waals surface area contributed by atoms with Gasteiger partial charge in [0.25, 0.3) is 0 Å². The van der Waals surface area contributed by atoms with E-state index in [-0.39, 0.29) is 12.1 Å². The van der Waals surface area contributed by atoms with Crippen LogP contribution in [-0.4, -0.2) is 25.7 Å². The van der Waals surface area contributed by atoms with Gasteiger partial charge in [-0.15, -0.1) is 0 Å². The average molecular weight is 348 g/mol. The molecule has 8 heteroatoms. The standard InChI is InChI=1S/C16H20N4O3S/c1-12(13-6-5-8-14(10-13)20-24(2,22)23)19-16(21)18-11-15-7-3-4-9-17-15/h3-10,12,20H,11H2,1-2H3,(H2,18,19,21). The summed E-state index contributed by atoms with van der Waals surface area (Å²) in [6.45, 7) is 2.15. The molecule has 0 aliphatic heterocycles. The number of carbonyl (C=O) groups excluding carboxylic acids is 1. The predicted molar refractivity (Wildman–Crippen MR) is 92.9 cm³/mol. The number of hydrogen-bond acceptors (Lipinski definition) is 4. The Labute approximate surface area is 141 Å². The fourth-order valence-corrected chi connectivity index (χ4v) is 2.65.